The predicted octanol–water partition coefficient (Wildman–Crippen LogP) is 4.98. The zero-order chi connectivity index (χ0) is 16.1. The first-order valence-electron chi connectivity index (χ1n) is 8.32. The maximum absolute atomic E-state index is 5.54. The van der Waals surface area contributed by atoms with Crippen molar-refractivity contribution in [3.63, 3.8) is 0 Å². The van der Waals surface area contributed by atoms with Gasteiger partial charge in [-0.3, -0.25) is 4.98 Å². The molecule has 122 valence electrons. The van der Waals surface area contributed by atoms with E-state index < -0.39 is 0 Å². The number of rotatable bonds is 0. The van der Waals surface area contributed by atoms with Crippen LogP contribution in [-0.2, 0) is 0 Å². The highest BCUT2D eigenvalue weighted by Crippen LogP contribution is 2.25. The number of piperidine rings is 1. The predicted molar refractivity (Wildman–Crippen MR) is 92.9 cm³/mol. The molecule has 2 atom stereocenters. The van der Waals surface area contributed by atoms with Crippen molar-refractivity contribution in [2.24, 2.45) is 5.92 Å². The molecule has 0 N–H and O–H groups in total. The van der Waals surface area contributed by atoms with E-state index in [2.05, 4.69) is 28.7 Å². The highest BCUT2D eigenvalue weighted by molar-refractivity contribution is 6.29. The lowest BCUT2D eigenvalue weighted by Gasteiger charge is -2.20. The largest absolute Gasteiger partial charge is 0.303 e. The highest BCUT2D eigenvalue weighted by Gasteiger charge is 2.25. The molecule has 2 unspecified atom stereocenters. The Morgan fingerprint density at radius 2 is 1.76 bits per heavy atom. The first-order chi connectivity index (χ1) is 10.2. The maximum atomic E-state index is 5.54. The van der Waals surface area contributed by atoms with Gasteiger partial charge in [-0.05, 0) is 45.2 Å². The summed E-state index contributed by atoms with van der Waals surface area (Å²) < 4.78 is 0. The van der Waals surface area contributed by atoms with E-state index in [1.807, 2.05) is 20.8 Å². The van der Waals surface area contributed by atoms with Gasteiger partial charge in [0.05, 0.1) is 5.69 Å². The zero-order valence-electron chi connectivity index (χ0n) is 14.4. The van der Waals surface area contributed by atoms with Crippen LogP contribution in [0.5, 0.6) is 0 Å². The fourth-order valence-corrected chi connectivity index (χ4v) is 2.45. The van der Waals surface area contributed by atoms with Gasteiger partial charge in [0, 0.05) is 18.9 Å². The fraction of sp³-hybridized carbons (Fsp3) is 0.765. The molecule has 21 heavy (non-hydrogen) atoms. The van der Waals surface area contributed by atoms with Crippen LogP contribution in [0.2, 0.25) is 5.15 Å². The normalized spacial score (nSPS) is 21.8. The Balaban J connectivity index is 0.000000294. The summed E-state index contributed by atoms with van der Waals surface area (Å²) >= 11 is 5.54. The molecule has 0 radical (unpaired) electrons. The molecule has 1 aromatic heterocycles. The van der Waals surface area contributed by atoms with Crippen molar-refractivity contribution in [3.05, 3.63) is 23.2 Å². The fourth-order valence-electron chi connectivity index (χ4n) is 2.35. The van der Waals surface area contributed by atoms with Crippen molar-refractivity contribution in [1.29, 1.82) is 0 Å². The first kappa shape index (κ1) is 20.3. The van der Waals surface area contributed by atoms with Crippen LogP contribution in [0.25, 0.3) is 0 Å². The second kappa shape index (κ2) is 13.0. The zero-order valence-corrected chi connectivity index (χ0v) is 15.2. The van der Waals surface area contributed by atoms with Crippen molar-refractivity contribution in [3.8, 4) is 0 Å². The Morgan fingerprint density at radius 1 is 1.14 bits per heavy atom. The van der Waals surface area contributed by atoms with E-state index in [4.69, 9.17) is 11.6 Å². The minimum Gasteiger partial charge on any atom is -0.303 e. The summed E-state index contributed by atoms with van der Waals surface area (Å²) in [4.78, 5) is 10.3. The number of hydrogen-bond acceptors (Lipinski definition) is 3. The molecule has 1 aromatic rings. The smallest absolute Gasteiger partial charge is 0.150 e. The topological polar surface area (TPSA) is 29.0 Å². The van der Waals surface area contributed by atoms with Crippen LogP contribution in [0.3, 0.4) is 0 Å². The molecule has 0 saturated carbocycles. The molecule has 3 heterocycles. The minimum atomic E-state index is 0.479. The van der Waals surface area contributed by atoms with Crippen LogP contribution in [0.1, 0.15) is 59.1 Å². The molecule has 2 fully saturated rings. The lowest BCUT2D eigenvalue weighted by molar-refractivity contribution is 0.270. The van der Waals surface area contributed by atoms with E-state index in [0.29, 0.717) is 5.15 Å². The summed E-state index contributed by atoms with van der Waals surface area (Å²) in [7, 11) is 0. The SMILES string of the molecule is C1CC2CCN(C1)C2.CC.CCC.Cc1nccnc1Cl. The summed E-state index contributed by atoms with van der Waals surface area (Å²) in [6.45, 7) is 14.3. The van der Waals surface area contributed by atoms with Crippen molar-refractivity contribution in [2.75, 3.05) is 19.6 Å². The number of halogens is 1. The van der Waals surface area contributed by atoms with Crippen LogP contribution in [0, 0.1) is 12.8 Å². The van der Waals surface area contributed by atoms with Crippen molar-refractivity contribution in [1.82, 2.24) is 14.9 Å². The van der Waals surface area contributed by atoms with Gasteiger partial charge in [0.2, 0.25) is 0 Å². The van der Waals surface area contributed by atoms with Crippen LogP contribution >= 0.6 is 11.6 Å². The average molecular weight is 314 g/mol. The van der Waals surface area contributed by atoms with Crippen molar-refractivity contribution < 1.29 is 0 Å². The van der Waals surface area contributed by atoms with Gasteiger partial charge < -0.3 is 4.90 Å². The Labute approximate surface area is 136 Å². The van der Waals surface area contributed by atoms with E-state index in [0.717, 1.165) is 11.6 Å². The number of nitrogens with zero attached hydrogens (tertiary/aromatic N) is 3. The third kappa shape index (κ3) is 9.05. The van der Waals surface area contributed by atoms with Crippen LogP contribution in [0.4, 0.5) is 0 Å². The van der Waals surface area contributed by atoms with Gasteiger partial charge >= 0.3 is 0 Å². The second-order valence-corrected chi connectivity index (χ2v) is 5.60. The summed E-state index contributed by atoms with van der Waals surface area (Å²) in [6, 6.07) is 0. The molecule has 3 nitrogen and oxygen atoms in total. The van der Waals surface area contributed by atoms with E-state index in [9.17, 15) is 0 Å². The summed E-state index contributed by atoms with van der Waals surface area (Å²) in [5.41, 5.74) is 0.772. The lowest BCUT2D eigenvalue weighted by Crippen LogP contribution is -2.25. The summed E-state index contributed by atoms with van der Waals surface area (Å²) in [6.07, 6.45) is 8.89. The summed E-state index contributed by atoms with van der Waals surface area (Å²) in [5.74, 6) is 1.09. The molecule has 0 aliphatic carbocycles. The molecular formula is C17H32ClN3. The number of fused-ring (bicyclic) bond motifs is 2. The Kier molecular flexibility index (Phi) is 12.6. The van der Waals surface area contributed by atoms with E-state index in [-0.39, 0.29) is 0 Å². The van der Waals surface area contributed by atoms with E-state index in [1.54, 1.807) is 12.4 Å². The van der Waals surface area contributed by atoms with Gasteiger partial charge in [-0.25, -0.2) is 4.98 Å². The number of aryl methyl sites for hydroxylation is 1. The van der Waals surface area contributed by atoms with E-state index in [1.165, 1.54) is 45.3 Å². The van der Waals surface area contributed by atoms with Gasteiger partial charge in [0.1, 0.15) is 5.15 Å². The highest BCUT2D eigenvalue weighted by atomic mass is 35.5. The van der Waals surface area contributed by atoms with Gasteiger partial charge in [-0.15, -0.1) is 0 Å². The molecule has 4 heteroatoms. The van der Waals surface area contributed by atoms with Crippen LogP contribution in [0.15, 0.2) is 12.4 Å². The van der Waals surface area contributed by atoms with E-state index >= 15 is 0 Å². The Bertz CT molecular complexity index is 323. The molecule has 0 amide bonds. The third-order valence-electron chi connectivity index (χ3n) is 3.28. The average Bonchev–Trinajstić information content (AvgIpc) is 2.84. The molecular weight excluding hydrogens is 282 g/mol. The van der Waals surface area contributed by atoms with Crippen molar-refractivity contribution in [2.45, 2.75) is 60.3 Å². The molecule has 2 bridgehead atoms. The standard InChI is InChI=1S/C7H13N.C5H5ClN2.C3H8.C2H6/c1-2-7-3-5-8(4-1)6-7;1-4-5(6)8-3-2-7-4;1-3-2;1-2/h7H,1-6H2;2-3H,1H3;3H2,1-2H3;1-2H3. The molecule has 3 rings (SSSR count). The quantitative estimate of drug-likeness (QED) is 0.676. The maximum Gasteiger partial charge on any atom is 0.150 e. The lowest BCUT2D eigenvalue weighted by atomic mass is 10.0. The first-order valence-corrected chi connectivity index (χ1v) is 8.70. The number of aromatic nitrogens is 2. The third-order valence-corrected chi connectivity index (χ3v) is 3.65. The van der Waals surface area contributed by atoms with Crippen LogP contribution < -0.4 is 0 Å². The Morgan fingerprint density at radius 3 is 2.19 bits per heavy atom. The monoisotopic (exact) mass is 313 g/mol. The molecule has 2 aliphatic heterocycles. The molecule has 0 aromatic carbocycles. The molecule has 2 saturated heterocycles. The molecule has 0 spiro atoms. The summed E-state index contributed by atoms with van der Waals surface area (Å²) in [5, 5.41) is 0.479. The minimum absolute atomic E-state index is 0.479. The van der Waals surface area contributed by atoms with Gasteiger partial charge in [-0.2, -0.15) is 0 Å². The van der Waals surface area contributed by atoms with Crippen molar-refractivity contribution >= 4 is 11.6 Å². The van der Waals surface area contributed by atoms with Gasteiger partial charge in [-0.1, -0.05) is 45.7 Å². The Hall–Kier alpha value is -0.670. The second-order valence-electron chi connectivity index (χ2n) is 5.24. The number of hydrogen-bond donors (Lipinski definition) is 0. The molecule has 2 aliphatic rings. The van der Waals surface area contributed by atoms with Crippen LogP contribution in [-0.4, -0.2) is 34.5 Å². The van der Waals surface area contributed by atoms with Gasteiger partial charge in [0.25, 0.3) is 0 Å². The van der Waals surface area contributed by atoms with Gasteiger partial charge in [0.15, 0.2) is 0 Å².